The lowest BCUT2D eigenvalue weighted by molar-refractivity contribution is -0.130. The summed E-state index contributed by atoms with van der Waals surface area (Å²) in [5, 5.41) is 0. The summed E-state index contributed by atoms with van der Waals surface area (Å²) in [7, 11) is 1.88. The number of thiophene rings is 1. The molecule has 0 saturated carbocycles. The summed E-state index contributed by atoms with van der Waals surface area (Å²) in [6.45, 7) is 6.37. The molecular formula is C14H23N3OS. The Kier molecular flexibility index (Phi) is 4.60. The van der Waals surface area contributed by atoms with Crippen molar-refractivity contribution in [3.63, 3.8) is 0 Å². The van der Waals surface area contributed by atoms with Crippen LogP contribution in [0.1, 0.15) is 29.1 Å². The van der Waals surface area contributed by atoms with E-state index in [1.54, 1.807) is 11.3 Å². The lowest BCUT2D eigenvalue weighted by atomic mass is 10.1. The second kappa shape index (κ2) is 6.03. The average molecular weight is 281 g/mol. The minimum Gasteiger partial charge on any atom is -0.345 e. The summed E-state index contributed by atoms with van der Waals surface area (Å²) in [6.07, 6.45) is 1.01. The Morgan fingerprint density at radius 3 is 2.68 bits per heavy atom. The Morgan fingerprint density at radius 1 is 1.37 bits per heavy atom. The van der Waals surface area contributed by atoms with E-state index >= 15 is 0 Å². The molecule has 2 rings (SSSR count). The smallest absolute Gasteiger partial charge is 0.236 e. The summed E-state index contributed by atoms with van der Waals surface area (Å²) < 4.78 is 0. The Balaban J connectivity index is 2.21. The summed E-state index contributed by atoms with van der Waals surface area (Å²) in [5.74, 6) is 0.191. The van der Waals surface area contributed by atoms with Gasteiger partial charge in [0.05, 0.1) is 12.6 Å². The molecule has 0 spiro atoms. The van der Waals surface area contributed by atoms with E-state index in [9.17, 15) is 4.79 Å². The highest BCUT2D eigenvalue weighted by Crippen LogP contribution is 2.30. The van der Waals surface area contributed by atoms with Gasteiger partial charge >= 0.3 is 0 Å². The fraction of sp³-hybridized carbons (Fsp3) is 0.643. The third kappa shape index (κ3) is 3.35. The van der Waals surface area contributed by atoms with E-state index in [1.165, 1.54) is 9.75 Å². The van der Waals surface area contributed by atoms with Gasteiger partial charge in [0.15, 0.2) is 0 Å². The highest BCUT2D eigenvalue weighted by atomic mass is 32.1. The Hall–Kier alpha value is -0.910. The zero-order chi connectivity index (χ0) is 14.0. The first-order valence-electron chi connectivity index (χ1n) is 6.79. The zero-order valence-corrected chi connectivity index (χ0v) is 12.7. The molecule has 4 nitrogen and oxygen atoms in total. The number of rotatable bonds is 3. The van der Waals surface area contributed by atoms with Crippen LogP contribution in [-0.4, -0.2) is 48.4 Å². The van der Waals surface area contributed by atoms with Gasteiger partial charge in [0, 0.05) is 35.9 Å². The van der Waals surface area contributed by atoms with Gasteiger partial charge in [-0.1, -0.05) is 0 Å². The molecule has 19 heavy (non-hydrogen) atoms. The third-order valence-corrected chi connectivity index (χ3v) is 4.72. The van der Waals surface area contributed by atoms with E-state index in [1.807, 2.05) is 18.9 Å². The molecule has 1 amide bonds. The Bertz CT molecular complexity index is 444. The molecule has 2 atom stereocenters. The van der Waals surface area contributed by atoms with E-state index in [4.69, 9.17) is 5.73 Å². The molecule has 1 aliphatic rings. The standard InChI is InChI=1S/C14H23N3OS/c1-10-5-6-12(19-10)14(11(2)15)17-8-4-7-16(3)13(18)9-17/h5-6,11,14H,4,7-9,15H2,1-3H3. The number of nitrogens with two attached hydrogens (primary N) is 1. The molecule has 1 saturated heterocycles. The lowest BCUT2D eigenvalue weighted by Gasteiger charge is -2.32. The minimum absolute atomic E-state index is 0.0225. The Morgan fingerprint density at radius 2 is 2.11 bits per heavy atom. The first-order chi connectivity index (χ1) is 8.99. The molecule has 2 heterocycles. The average Bonchev–Trinajstić information content (AvgIpc) is 2.67. The van der Waals surface area contributed by atoms with Crippen molar-refractivity contribution in [2.45, 2.75) is 32.4 Å². The number of aryl methyl sites for hydroxylation is 1. The van der Waals surface area contributed by atoms with Crippen molar-refractivity contribution in [2.75, 3.05) is 26.7 Å². The van der Waals surface area contributed by atoms with Crippen molar-refractivity contribution in [3.8, 4) is 0 Å². The summed E-state index contributed by atoms with van der Waals surface area (Å²) in [5.41, 5.74) is 6.18. The van der Waals surface area contributed by atoms with Gasteiger partial charge in [0.2, 0.25) is 5.91 Å². The number of amides is 1. The van der Waals surface area contributed by atoms with Gasteiger partial charge < -0.3 is 10.6 Å². The summed E-state index contributed by atoms with van der Waals surface area (Å²) in [6, 6.07) is 4.44. The zero-order valence-electron chi connectivity index (χ0n) is 11.9. The summed E-state index contributed by atoms with van der Waals surface area (Å²) in [4.78, 5) is 18.6. The molecule has 1 aliphatic heterocycles. The number of likely N-dealkylation sites (N-methyl/N-ethyl adjacent to an activating group) is 1. The number of hydrogen-bond donors (Lipinski definition) is 1. The quantitative estimate of drug-likeness (QED) is 0.916. The maximum atomic E-state index is 12.0. The molecule has 1 aromatic heterocycles. The van der Waals surface area contributed by atoms with E-state index in [2.05, 4.69) is 24.0 Å². The molecule has 2 N–H and O–H groups in total. The van der Waals surface area contributed by atoms with Crippen molar-refractivity contribution in [3.05, 3.63) is 21.9 Å². The van der Waals surface area contributed by atoms with Crippen LogP contribution in [0.25, 0.3) is 0 Å². The van der Waals surface area contributed by atoms with Crippen molar-refractivity contribution in [1.29, 1.82) is 0 Å². The molecule has 0 aromatic carbocycles. The van der Waals surface area contributed by atoms with Crippen molar-refractivity contribution in [1.82, 2.24) is 9.80 Å². The summed E-state index contributed by atoms with van der Waals surface area (Å²) >= 11 is 1.78. The predicted molar refractivity (Wildman–Crippen MR) is 79.3 cm³/mol. The van der Waals surface area contributed by atoms with Gasteiger partial charge in [-0.15, -0.1) is 11.3 Å². The second-order valence-corrected chi connectivity index (χ2v) is 6.71. The highest BCUT2D eigenvalue weighted by Gasteiger charge is 2.29. The topological polar surface area (TPSA) is 49.6 Å². The highest BCUT2D eigenvalue weighted by molar-refractivity contribution is 7.12. The number of carbonyl (C=O) groups is 1. The molecule has 5 heteroatoms. The van der Waals surface area contributed by atoms with Gasteiger partial charge in [0.25, 0.3) is 0 Å². The van der Waals surface area contributed by atoms with Crippen LogP contribution in [0, 0.1) is 6.92 Å². The lowest BCUT2D eigenvalue weighted by Crippen LogP contribution is -2.42. The molecule has 0 aliphatic carbocycles. The van der Waals surface area contributed by atoms with Crippen LogP contribution >= 0.6 is 11.3 Å². The van der Waals surface area contributed by atoms with Crippen molar-refractivity contribution >= 4 is 17.2 Å². The largest absolute Gasteiger partial charge is 0.345 e. The first kappa shape index (κ1) is 14.5. The van der Waals surface area contributed by atoms with Gasteiger partial charge in [-0.05, 0) is 32.4 Å². The maximum Gasteiger partial charge on any atom is 0.236 e. The monoisotopic (exact) mass is 281 g/mol. The van der Waals surface area contributed by atoms with E-state index < -0.39 is 0 Å². The predicted octanol–water partition coefficient (Wildman–Crippen LogP) is 1.61. The first-order valence-corrected chi connectivity index (χ1v) is 7.60. The Labute approximate surface area is 119 Å². The molecule has 1 aromatic rings. The van der Waals surface area contributed by atoms with Gasteiger partial charge in [0.1, 0.15) is 0 Å². The van der Waals surface area contributed by atoms with E-state index in [0.717, 1.165) is 19.5 Å². The molecular weight excluding hydrogens is 258 g/mol. The third-order valence-electron chi connectivity index (χ3n) is 3.65. The molecule has 0 bridgehead atoms. The molecule has 1 fully saturated rings. The van der Waals surface area contributed by atoms with Crippen LogP contribution in [0.15, 0.2) is 12.1 Å². The molecule has 106 valence electrons. The van der Waals surface area contributed by atoms with Crippen molar-refractivity contribution < 1.29 is 4.79 Å². The van der Waals surface area contributed by atoms with Crippen LogP contribution in [0.3, 0.4) is 0 Å². The van der Waals surface area contributed by atoms with E-state index in [-0.39, 0.29) is 18.0 Å². The maximum absolute atomic E-state index is 12.0. The number of carbonyl (C=O) groups excluding carboxylic acids is 1. The molecule has 2 unspecified atom stereocenters. The molecule has 0 radical (unpaired) electrons. The van der Waals surface area contributed by atoms with Crippen LogP contribution in [-0.2, 0) is 4.79 Å². The minimum atomic E-state index is 0.0225. The van der Waals surface area contributed by atoms with Crippen LogP contribution in [0.5, 0.6) is 0 Å². The van der Waals surface area contributed by atoms with Crippen LogP contribution < -0.4 is 5.73 Å². The van der Waals surface area contributed by atoms with Crippen molar-refractivity contribution in [2.24, 2.45) is 5.73 Å². The van der Waals surface area contributed by atoms with Gasteiger partial charge in [-0.2, -0.15) is 0 Å². The van der Waals surface area contributed by atoms with Gasteiger partial charge in [-0.25, -0.2) is 0 Å². The number of nitrogens with zero attached hydrogens (tertiary/aromatic N) is 2. The fourth-order valence-electron chi connectivity index (χ4n) is 2.63. The SMILES string of the molecule is Cc1ccc(C(C(C)N)N2CCCN(C)C(=O)C2)s1. The normalized spacial score (nSPS) is 21.3. The van der Waals surface area contributed by atoms with Gasteiger partial charge in [-0.3, -0.25) is 9.69 Å². The van der Waals surface area contributed by atoms with Crippen LogP contribution in [0.2, 0.25) is 0 Å². The number of hydrogen-bond acceptors (Lipinski definition) is 4. The van der Waals surface area contributed by atoms with Crippen LogP contribution in [0.4, 0.5) is 0 Å². The second-order valence-electron chi connectivity index (χ2n) is 5.39. The fourth-order valence-corrected chi connectivity index (χ4v) is 3.76. The van der Waals surface area contributed by atoms with E-state index in [0.29, 0.717) is 6.54 Å².